The molecule has 0 heterocycles. The van der Waals surface area contributed by atoms with E-state index >= 15 is 0 Å². The first kappa shape index (κ1) is 18.7. The molecular formula is C23H34N2S2. The predicted octanol–water partition coefficient (Wildman–Crippen LogP) is 4.38. The summed E-state index contributed by atoms with van der Waals surface area (Å²) in [5, 5.41) is 0.723. The monoisotopic (exact) mass is 402 g/mol. The molecule has 1 aromatic rings. The fourth-order valence-corrected chi connectivity index (χ4v) is 10.7. The Bertz CT molecular complexity index is 694. The maximum absolute atomic E-state index is 6.15. The molecule has 148 valence electrons. The normalized spacial score (nSPS) is 47.1. The fraction of sp³-hybridized carbons (Fsp3) is 0.739. The van der Waals surface area contributed by atoms with Gasteiger partial charge in [0.05, 0.1) is 0 Å². The van der Waals surface area contributed by atoms with Crippen molar-refractivity contribution >= 4 is 20.8 Å². The van der Waals surface area contributed by atoms with E-state index in [-0.39, 0.29) is 9.64 Å². The Morgan fingerprint density at radius 3 is 2.26 bits per heavy atom. The average Bonchev–Trinajstić information content (AvgIpc) is 2.63. The highest BCUT2D eigenvalue weighted by atomic mass is 32.8. The van der Waals surface area contributed by atoms with Crippen molar-refractivity contribution in [1.82, 2.24) is 4.72 Å². The minimum absolute atomic E-state index is 0.0689. The molecule has 5 fully saturated rings. The van der Waals surface area contributed by atoms with Gasteiger partial charge in [-0.05, 0) is 97.2 Å². The summed E-state index contributed by atoms with van der Waals surface area (Å²) < 4.78 is 3.92. The van der Waals surface area contributed by atoms with Crippen molar-refractivity contribution in [2.24, 2.45) is 23.0 Å². The molecule has 0 aliphatic heterocycles. The third-order valence-corrected chi connectivity index (χ3v) is 11.0. The molecule has 5 saturated carbocycles. The van der Waals surface area contributed by atoms with Gasteiger partial charge in [0.2, 0.25) is 0 Å². The number of hydrogen-bond acceptors (Lipinski definition) is 2. The molecule has 4 heteroatoms. The van der Waals surface area contributed by atoms with Crippen LogP contribution in [0.3, 0.4) is 0 Å². The molecule has 5 aliphatic rings. The molecule has 27 heavy (non-hydrogen) atoms. The van der Waals surface area contributed by atoms with Gasteiger partial charge in [-0.3, -0.25) is 4.72 Å². The zero-order chi connectivity index (χ0) is 18.6. The van der Waals surface area contributed by atoms with Gasteiger partial charge in [-0.1, -0.05) is 46.9 Å². The van der Waals surface area contributed by atoms with Gasteiger partial charge in [0.25, 0.3) is 0 Å². The zero-order valence-electron chi connectivity index (χ0n) is 16.5. The summed E-state index contributed by atoms with van der Waals surface area (Å²) in [5.41, 5.74) is 8.66. The van der Waals surface area contributed by atoms with Crippen LogP contribution in [0.15, 0.2) is 30.3 Å². The van der Waals surface area contributed by atoms with Crippen molar-refractivity contribution in [2.45, 2.75) is 87.5 Å². The van der Waals surface area contributed by atoms with Gasteiger partial charge in [0.1, 0.15) is 0 Å². The first-order chi connectivity index (χ1) is 13.0. The number of nitrogens with one attached hydrogen (secondary N) is 1. The summed E-state index contributed by atoms with van der Waals surface area (Å²) >= 11 is 6.15. The van der Waals surface area contributed by atoms with E-state index in [2.05, 4.69) is 42.0 Å². The Morgan fingerprint density at radius 1 is 1.00 bits per heavy atom. The maximum atomic E-state index is 6.15. The van der Waals surface area contributed by atoms with Crippen LogP contribution in [0, 0.1) is 17.3 Å². The van der Waals surface area contributed by atoms with Crippen LogP contribution >= 0.6 is 0 Å². The van der Waals surface area contributed by atoms with Crippen LogP contribution < -0.4 is 10.5 Å². The molecule has 0 radical (unpaired) electrons. The summed E-state index contributed by atoms with van der Waals surface area (Å²) in [6, 6.07) is 12.4. The summed E-state index contributed by atoms with van der Waals surface area (Å²) in [6.45, 7) is 2.57. The molecule has 4 bridgehead atoms. The van der Waals surface area contributed by atoms with E-state index in [0.29, 0.717) is 22.9 Å². The van der Waals surface area contributed by atoms with E-state index in [1.54, 1.807) is 5.56 Å². The van der Waals surface area contributed by atoms with E-state index in [1.165, 1.54) is 44.9 Å². The quantitative estimate of drug-likeness (QED) is 0.785. The largest absolute Gasteiger partial charge is 0.328 e. The number of rotatable bonds is 4. The molecule has 0 aromatic heterocycles. The number of hydrogen-bond donors (Lipinski definition) is 2. The van der Waals surface area contributed by atoms with Gasteiger partial charge in [0, 0.05) is 17.3 Å². The molecule has 3 unspecified atom stereocenters. The number of benzene rings is 1. The first-order valence-electron chi connectivity index (χ1n) is 10.9. The van der Waals surface area contributed by atoms with E-state index in [1.807, 2.05) is 0 Å². The lowest BCUT2D eigenvalue weighted by atomic mass is 9.43. The lowest BCUT2D eigenvalue weighted by molar-refractivity contribution is -0.0567. The topological polar surface area (TPSA) is 38.0 Å². The minimum atomic E-state index is -0.0689. The maximum Gasteiger partial charge on any atom is 0.0287 e. The Balaban J connectivity index is 1.35. The van der Waals surface area contributed by atoms with Crippen LogP contribution in [-0.4, -0.2) is 17.3 Å². The van der Waals surface area contributed by atoms with E-state index in [9.17, 15) is 0 Å². The zero-order valence-corrected chi connectivity index (χ0v) is 18.2. The summed E-state index contributed by atoms with van der Waals surface area (Å²) in [6.07, 6.45) is 11.7. The standard InChI is InChI=1S/C23H34N2S2/c1-22-11-16-13-23(15-22,18-5-3-2-4-6-18)14-17(12-22)21(16)27(26)25-20-9-7-19(24)8-10-20/h2-6,16-17,19-21,25H,7-15,24H2,1H3. The van der Waals surface area contributed by atoms with E-state index < -0.39 is 0 Å². The third kappa shape index (κ3) is 3.35. The van der Waals surface area contributed by atoms with Gasteiger partial charge in [-0.25, -0.2) is 0 Å². The van der Waals surface area contributed by atoms with Crippen molar-refractivity contribution in [1.29, 1.82) is 0 Å². The van der Waals surface area contributed by atoms with Crippen LogP contribution in [0.25, 0.3) is 0 Å². The molecule has 0 saturated heterocycles. The van der Waals surface area contributed by atoms with E-state index in [4.69, 9.17) is 16.9 Å². The molecule has 5 aliphatic carbocycles. The van der Waals surface area contributed by atoms with Crippen LogP contribution in [0.1, 0.15) is 70.3 Å². The van der Waals surface area contributed by atoms with Crippen molar-refractivity contribution in [3.63, 3.8) is 0 Å². The first-order valence-corrected chi connectivity index (χ1v) is 13.2. The van der Waals surface area contributed by atoms with Crippen LogP contribution in [-0.2, 0) is 26.2 Å². The second-order valence-corrected chi connectivity index (χ2v) is 12.9. The molecule has 3 N–H and O–H groups in total. The SMILES string of the molecule is CC12CC3CC(c4ccccc4)(CC(C1)C3S(=S)NC1CCC(N)CC1)C2. The molecule has 0 spiro atoms. The molecular weight excluding hydrogens is 368 g/mol. The van der Waals surface area contributed by atoms with Crippen LogP contribution in [0.5, 0.6) is 0 Å². The van der Waals surface area contributed by atoms with Gasteiger partial charge in [-0.2, -0.15) is 0 Å². The third-order valence-electron chi connectivity index (χ3n) is 8.20. The van der Waals surface area contributed by atoms with Gasteiger partial charge in [-0.15, -0.1) is 0 Å². The Morgan fingerprint density at radius 2 is 1.63 bits per heavy atom. The summed E-state index contributed by atoms with van der Waals surface area (Å²) in [4.78, 5) is 0. The number of nitrogens with two attached hydrogens (primary N) is 1. The van der Waals surface area contributed by atoms with Crippen LogP contribution in [0.4, 0.5) is 0 Å². The van der Waals surface area contributed by atoms with Gasteiger partial charge >= 0.3 is 0 Å². The lowest BCUT2D eigenvalue weighted by Crippen LogP contribution is -2.61. The van der Waals surface area contributed by atoms with Gasteiger partial charge in [0.15, 0.2) is 0 Å². The van der Waals surface area contributed by atoms with Crippen LogP contribution in [0.2, 0.25) is 0 Å². The average molecular weight is 403 g/mol. The minimum Gasteiger partial charge on any atom is -0.328 e. The second kappa shape index (κ2) is 6.90. The summed E-state index contributed by atoms with van der Waals surface area (Å²) in [5.74, 6) is 1.63. The Labute approximate surface area is 171 Å². The van der Waals surface area contributed by atoms with Gasteiger partial charge < -0.3 is 5.73 Å². The molecule has 6 rings (SSSR count). The summed E-state index contributed by atoms with van der Waals surface area (Å²) in [7, 11) is -0.0689. The van der Waals surface area contributed by atoms with E-state index in [0.717, 1.165) is 29.9 Å². The lowest BCUT2D eigenvalue weighted by Gasteiger charge is -2.64. The van der Waals surface area contributed by atoms with Crippen molar-refractivity contribution in [3.05, 3.63) is 35.9 Å². The molecule has 3 atom stereocenters. The smallest absolute Gasteiger partial charge is 0.0287 e. The molecule has 1 aromatic carbocycles. The Kier molecular flexibility index (Phi) is 4.78. The van der Waals surface area contributed by atoms with Crippen molar-refractivity contribution in [3.8, 4) is 0 Å². The van der Waals surface area contributed by atoms with Crippen molar-refractivity contribution < 1.29 is 0 Å². The Hall–Kier alpha value is -0.290. The molecule has 0 amide bonds. The highest BCUT2D eigenvalue weighted by Crippen LogP contribution is 2.66. The highest BCUT2D eigenvalue weighted by Gasteiger charge is 2.60. The highest BCUT2D eigenvalue weighted by molar-refractivity contribution is 8.28. The second-order valence-electron chi connectivity index (χ2n) is 10.5. The van der Waals surface area contributed by atoms with Crippen molar-refractivity contribution in [2.75, 3.05) is 0 Å². The fourth-order valence-electron chi connectivity index (χ4n) is 7.49. The predicted molar refractivity (Wildman–Crippen MR) is 118 cm³/mol. The molecule has 2 nitrogen and oxygen atoms in total.